The maximum atomic E-state index is 12.0. The smallest absolute Gasteiger partial charge is 0.341 e. The first-order valence-electron chi connectivity index (χ1n) is 6.78. The quantitative estimate of drug-likeness (QED) is 0.757. The minimum absolute atomic E-state index is 0.270. The second-order valence-corrected chi connectivity index (χ2v) is 5.12. The number of pyridine rings is 2. The van der Waals surface area contributed by atoms with Crippen LogP contribution in [0.25, 0.3) is 11.0 Å². The molecule has 110 valence electrons. The summed E-state index contributed by atoms with van der Waals surface area (Å²) in [5, 5.41) is 12.5. The fourth-order valence-corrected chi connectivity index (χ4v) is 2.63. The van der Waals surface area contributed by atoms with Gasteiger partial charge in [0, 0.05) is 25.3 Å². The minimum Gasteiger partial charge on any atom is -0.477 e. The highest BCUT2D eigenvalue weighted by Crippen LogP contribution is 2.20. The van der Waals surface area contributed by atoms with E-state index in [1.54, 1.807) is 12.1 Å². The first kappa shape index (κ1) is 13.6. The number of aromatic amines is 1. The number of nitrogens with zero attached hydrogens (tertiary/aromatic N) is 2. The van der Waals surface area contributed by atoms with Crippen LogP contribution in [-0.4, -0.2) is 47.2 Å². The number of likely N-dealkylation sites (N-methyl/N-ethyl adjacent to an activating group) is 1. The largest absolute Gasteiger partial charge is 0.477 e. The van der Waals surface area contributed by atoms with Gasteiger partial charge < -0.3 is 20.3 Å². The SMILES string of the molecule is CNC1CCN(c2ccc3c(=O)c(C(=O)O)c[nH]c3n2)C1. The minimum atomic E-state index is -1.24. The zero-order valence-electron chi connectivity index (χ0n) is 11.6. The van der Waals surface area contributed by atoms with Gasteiger partial charge in [-0.3, -0.25) is 4.79 Å². The highest BCUT2D eigenvalue weighted by atomic mass is 16.4. The summed E-state index contributed by atoms with van der Waals surface area (Å²) in [5.41, 5.74) is -0.367. The van der Waals surface area contributed by atoms with Crippen molar-refractivity contribution in [2.75, 3.05) is 25.0 Å². The van der Waals surface area contributed by atoms with E-state index in [9.17, 15) is 9.59 Å². The van der Waals surface area contributed by atoms with Gasteiger partial charge in [-0.2, -0.15) is 0 Å². The summed E-state index contributed by atoms with van der Waals surface area (Å²) < 4.78 is 0. The third-order valence-corrected chi connectivity index (χ3v) is 3.87. The van der Waals surface area contributed by atoms with Crippen molar-refractivity contribution in [1.29, 1.82) is 0 Å². The van der Waals surface area contributed by atoms with E-state index >= 15 is 0 Å². The van der Waals surface area contributed by atoms with Crippen LogP contribution in [0.2, 0.25) is 0 Å². The number of rotatable bonds is 3. The van der Waals surface area contributed by atoms with Crippen molar-refractivity contribution in [3.05, 3.63) is 34.1 Å². The third kappa shape index (κ3) is 2.36. The summed E-state index contributed by atoms with van der Waals surface area (Å²) in [6.45, 7) is 1.77. The van der Waals surface area contributed by atoms with Crippen LogP contribution in [0.15, 0.2) is 23.1 Å². The van der Waals surface area contributed by atoms with Crippen molar-refractivity contribution in [3.63, 3.8) is 0 Å². The van der Waals surface area contributed by atoms with Crippen LogP contribution in [0, 0.1) is 0 Å². The van der Waals surface area contributed by atoms with Crippen molar-refractivity contribution in [1.82, 2.24) is 15.3 Å². The summed E-state index contributed by atoms with van der Waals surface area (Å²) in [6.07, 6.45) is 2.24. The molecule has 0 saturated carbocycles. The number of fused-ring (bicyclic) bond motifs is 1. The molecule has 1 unspecified atom stereocenters. The van der Waals surface area contributed by atoms with E-state index in [0.717, 1.165) is 25.3 Å². The van der Waals surface area contributed by atoms with Gasteiger partial charge in [-0.05, 0) is 25.6 Å². The predicted molar refractivity (Wildman–Crippen MR) is 79.0 cm³/mol. The molecule has 1 aliphatic heterocycles. The molecule has 0 amide bonds. The summed E-state index contributed by atoms with van der Waals surface area (Å²) in [4.78, 5) is 32.4. The average Bonchev–Trinajstić information content (AvgIpc) is 2.96. The zero-order chi connectivity index (χ0) is 15.0. The highest BCUT2D eigenvalue weighted by molar-refractivity contribution is 5.91. The molecule has 3 rings (SSSR count). The van der Waals surface area contributed by atoms with Crippen LogP contribution >= 0.6 is 0 Å². The lowest BCUT2D eigenvalue weighted by atomic mass is 10.2. The number of hydrogen-bond acceptors (Lipinski definition) is 5. The lowest BCUT2D eigenvalue weighted by Gasteiger charge is -2.17. The summed E-state index contributed by atoms with van der Waals surface area (Å²) >= 11 is 0. The van der Waals surface area contributed by atoms with Crippen molar-refractivity contribution < 1.29 is 9.90 Å². The molecule has 21 heavy (non-hydrogen) atoms. The number of H-pyrrole nitrogens is 1. The molecule has 0 radical (unpaired) electrons. The van der Waals surface area contributed by atoms with Crippen LogP contribution in [0.1, 0.15) is 16.8 Å². The monoisotopic (exact) mass is 288 g/mol. The predicted octanol–water partition coefficient (Wildman–Crippen LogP) is 0.419. The molecular weight excluding hydrogens is 272 g/mol. The van der Waals surface area contributed by atoms with Gasteiger partial charge in [-0.25, -0.2) is 9.78 Å². The Bertz CT molecular complexity index is 755. The Kier molecular flexibility index (Phi) is 3.34. The van der Waals surface area contributed by atoms with E-state index in [0.29, 0.717) is 17.1 Å². The second-order valence-electron chi connectivity index (χ2n) is 5.12. The maximum absolute atomic E-state index is 12.0. The molecule has 7 heteroatoms. The Hall–Kier alpha value is -2.41. The van der Waals surface area contributed by atoms with Gasteiger partial charge in [0.15, 0.2) is 0 Å². The third-order valence-electron chi connectivity index (χ3n) is 3.87. The Balaban J connectivity index is 2.00. The van der Waals surface area contributed by atoms with E-state index in [2.05, 4.69) is 20.2 Å². The number of aromatic carboxylic acids is 1. The molecule has 3 heterocycles. The summed E-state index contributed by atoms with van der Waals surface area (Å²) in [6, 6.07) is 3.84. The number of anilines is 1. The van der Waals surface area contributed by atoms with Gasteiger partial charge in [0.2, 0.25) is 5.43 Å². The molecule has 0 aromatic carbocycles. The molecular formula is C14H16N4O3. The van der Waals surface area contributed by atoms with Crippen molar-refractivity contribution in [3.8, 4) is 0 Å². The van der Waals surface area contributed by atoms with Gasteiger partial charge >= 0.3 is 5.97 Å². The van der Waals surface area contributed by atoms with Crippen LogP contribution < -0.4 is 15.6 Å². The first-order valence-corrected chi connectivity index (χ1v) is 6.78. The molecule has 0 spiro atoms. The number of carboxylic acids is 1. The average molecular weight is 288 g/mol. The Morgan fingerprint density at radius 1 is 1.52 bits per heavy atom. The van der Waals surface area contributed by atoms with Gasteiger partial charge in [0.25, 0.3) is 0 Å². The number of carbonyl (C=O) groups is 1. The molecule has 0 aliphatic carbocycles. The highest BCUT2D eigenvalue weighted by Gasteiger charge is 2.22. The van der Waals surface area contributed by atoms with E-state index in [4.69, 9.17) is 5.11 Å². The van der Waals surface area contributed by atoms with Crippen LogP contribution in [0.5, 0.6) is 0 Å². The Labute approximate surface area is 120 Å². The van der Waals surface area contributed by atoms with Crippen LogP contribution in [0.3, 0.4) is 0 Å². The Morgan fingerprint density at radius 2 is 2.33 bits per heavy atom. The number of hydrogen-bond donors (Lipinski definition) is 3. The van der Waals surface area contributed by atoms with Gasteiger partial charge in [0.1, 0.15) is 17.0 Å². The van der Waals surface area contributed by atoms with Crippen molar-refractivity contribution >= 4 is 22.8 Å². The Morgan fingerprint density at radius 3 is 3.00 bits per heavy atom. The first-order chi connectivity index (χ1) is 10.1. The van der Waals surface area contributed by atoms with E-state index in [1.165, 1.54) is 6.20 Å². The van der Waals surface area contributed by atoms with E-state index in [-0.39, 0.29) is 5.56 Å². The molecule has 2 aromatic heterocycles. The molecule has 7 nitrogen and oxygen atoms in total. The van der Waals surface area contributed by atoms with Crippen molar-refractivity contribution in [2.45, 2.75) is 12.5 Å². The maximum Gasteiger partial charge on any atom is 0.341 e. The fourth-order valence-electron chi connectivity index (χ4n) is 2.63. The van der Waals surface area contributed by atoms with Gasteiger partial charge in [0.05, 0.1) is 5.39 Å². The number of aromatic nitrogens is 2. The van der Waals surface area contributed by atoms with E-state index in [1.807, 2.05) is 7.05 Å². The van der Waals surface area contributed by atoms with Crippen LogP contribution in [0.4, 0.5) is 5.82 Å². The number of nitrogens with one attached hydrogen (secondary N) is 2. The lowest BCUT2D eigenvalue weighted by molar-refractivity contribution is 0.0695. The standard InChI is InChI=1S/C14H16N4O3/c1-15-8-4-5-18(7-8)11-3-2-9-12(19)10(14(20)21)6-16-13(9)17-11/h2-3,6,8,15H,4-5,7H2,1H3,(H,20,21)(H,16,17,19). The normalized spacial score (nSPS) is 18.3. The van der Waals surface area contributed by atoms with Crippen LogP contribution in [-0.2, 0) is 0 Å². The topological polar surface area (TPSA) is 98.3 Å². The van der Waals surface area contributed by atoms with Crippen molar-refractivity contribution in [2.24, 2.45) is 0 Å². The molecule has 1 atom stereocenters. The zero-order valence-corrected chi connectivity index (χ0v) is 11.6. The molecule has 0 bridgehead atoms. The fraction of sp³-hybridized carbons (Fsp3) is 0.357. The van der Waals surface area contributed by atoms with E-state index < -0.39 is 11.4 Å². The van der Waals surface area contributed by atoms with Gasteiger partial charge in [-0.1, -0.05) is 0 Å². The molecule has 1 fully saturated rings. The number of carboxylic acid groups (broad SMARTS) is 1. The lowest BCUT2D eigenvalue weighted by Crippen LogP contribution is -2.29. The summed E-state index contributed by atoms with van der Waals surface area (Å²) in [5.74, 6) is -0.447. The molecule has 1 saturated heterocycles. The molecule has 2 aromatic rings. The summed E-state index contributed by atoms with van der Waals surface area (Å²) in [7, 11) is 1.94. The van der Waals surface area contributed by atoms with Gasteiger partial charge in [-0.15, -0.1) is 0 Å². The second kappa shape index (κ2) is 5.17. The molecule has 3 N–H and O–H groups in total. The molecule has 1 aliphatic rings.